The van der Waals surface area contributed by atoms with E-state index >= 15 is 0 Å². The first kappa shape index (κ1) is 30.2. The van der Waals surface area contributed by atoms with E-state index < -0.39 is 11.4 Å². The molecule has 0 aliphatic heterocycles. The van der Waals surface area contributed by atoms with Crippen LogP contribution in [0.3, 0.4) is 0 Å². The third kappa shape index (κ3) is 8.57. The molecule has 7 heteroatoms. The van der Waals surface area contributed by atoms with E-state index in [9.17, 15) is 9.59 Å². The fraction of sp³-hybridized carbons (Fsp3) is 0.677. The molecule has 0 radical (unpaired) electrons. The van der Waals surface area contributed by atoms with E-state index in [4.69, 9.17) is 25.1 Å². The smallest absolute Gasteiger partial charge is 0.306 e. The maximum absolute atomic E-state index is 12.2. The molecule has 3 aliphatic carbocycles. The molecule has 1 amide bonds. The molecule has 2 saturated carbocycles. The summed E-state index contributed by atoms with van der Waals surface area (Å²) in [7, 11) is 1.65. The second-order valence-corrected chi connectivity index (χ2v) is 11.5. The number of aliphatic carboxylic acids is 1. The van der Waals surface area contributed by atoms with Gasteiger partial charge in [0.25, 0.3) is 0 Å². The lowest BCUT2D eigenvalue weighted by Gasteiger charge is -2.31. The number of fused-ring (bicyclic) bond motifs is 1. The molecule has 1 aromatic rings. The Morgan fingerprint density at radius 3 is 2.39 bits per heavy atom. The fourth-order valence-corrected chi connectivity index (χ4v) is 6.06. The van der Waals surface area contributed by atoms with Crippen LogP contribution in [0.5, 0.6) is 5.75 Å². The number of hydrogen-bond donors (Lipinski definition) is 2. The van der Waals surface area contributed by atoms with E-state index in [1.165, 1.54) is 17.5 Å². The molecule has 0 heterocycles. The lowest BCUT2D eigenvalue weighted by Crippen LogP contribution is -2.38. The summed E-state index contributed by atoms with van der Waals surface area (Å²) in [5.41, 5.74) is 8.11. The van der Waals surface area contributed by atoms with Crippen LogP contribution in [-0.2, 0) is 31.9 Å². The number of hydrogen-bond acceptors (Lipinski definition) is 5. The summed E-state index contributed by atoms with van der Waals surface area (Å²) in [5.74, 6) is 1.25. The number of methoxy groups -OCH3 is 1. The highest BCUT2D eigenvalue weighted by Gasteiger charge is 2.42. The minimum absolute atomic E-state index is 0.0452. The zero-order valence-corrected chi connectivity index (χ0v) is 23.3. The molecule has 0 bridgehead atoms. The molecule has 3 N–H and O–H groups in total. The zero-order valence-electron chi connectivity index (χ0n) is 23.3. The van der Waals surface area contributed by atoms with Crippen LogP contribution in [0.15, 0.2) is 30.5 Å². The Hall–Kier alpha value is -2.38. The van der Waals surface area contributed by atoms with Gasteiger partial charge in [-0.25, -0.2) is 0 Å². The maximum Gasteiger partial charge on any atom is 0.306 e. The van der Waals surface area contributed by atoms with E-state index in [2.05, 4.69) is 25.6 Å². The number of carbonyl (C=O) groups excluding carboxylic acids is 1. The maximum atomic E-state index is 12.2. The summed E-state index contributed by atoms with van der Waals surface area (Å²) in [5, 5.41) is 8.62. The molecule has 4 rings (SSSR count). The minimum atomic E-state index is -0.605. The van der Waals surface area contributed by atoms with Crippen molar-refractivity contribution in [2.24, 2.45) is 28.9 Å². The third-order valence-electron chi connectivity index (χ3n) is 8.61. The summed E-state index contributed by atoms with van der Waals surface area (Å²) in [6.07, 6.45) is 11.8. The van der Waals surface area contributed by atoms with Crippen molar-refractivity contribution in [3.05, 3.63) is 41.7 Å². The van der Waals surface area contributed by atoms with Crippen molar-refractivity contribution in [1.82, 2.24) is 0 Å². The average molecular weight is 530 g/mol. The van der Waals surface area contributed by atoms with Crippen LogP contribution in [0.2, 0.25) is 0 Å². The summed E-state index contributed by atoms with van der Waals surface area (Å²) in [6.45, 7) is 7.87. The van der Waals surface area contributed by atoms with Crippen molar-refractivity contribution in [2.75, 3.05) is 26.9 Å². The molecule has 0 unspecified atom stereocenters. The van der Waals surface area contributed by atoms with Gasteiger partial charge in [0.05, 0.1) is 25.7 Å². The van der Waals surface area contributed by atoms with Gasteiger partial charge in [-0.1, -0.05) is 32.4 Å². The Balaban J connectivity index is 0.000000336. The van der Waals surface area contributed by atoms with Gasteiger partial charge in [0.15, 0.2) is 0 Å². The first-order valence-corrected chi connectivity index (χ1v) is 14.3. The Morgan fingerprint density at radius 1 is 1.08 bits per heavy atom. The Kier molecular flexibility index (Phi) is 11.7. The van der Waals surface area contributed by atoms with Crippen LogP contribution in [0.25, 0.3) is 0 Å². The topological polar surface area (TPSA) is 108 Å². The predicted octanol–water partition coefficient (Wildman–Crippen LogP) is 5.68. The van der Waals surface area contributed by atoms with Crippen LogP contribution in [0, 0.1) is 23.2 Å². The number of ether oxygens (including phenoxy) is 3. The van der Waals surface area contributed by atoms with Crippen molar-refractivity contribution >= 4 is 11.9 Å². The molecule has 0 spiro atoms. The zero-order chi connectivity index (χ0) is 27.5. The minimum Gasteiger partial charge on any atom is -0.481 e. The number of carboxylic acid groups (broad SMARTS) is 1. The number of carboxylic acids is 1. The van der Waals surface area contributed by atoms with Gasteiger partial charge in [-0.2, -0.15) is 0 Å². The number of rotatable bonds is 12. The second kappa shape index (κ2) is 14.7. The van der Waals surface area contributed by atoms with Crippen molar-refractivity contribution in [2.45, 2.75) is 84.0 Å². The Labute approximate surface area is 228 Å². The van der Waals surface area contributed by atoms with Crippen LogP contribution in [0.4, 0.5) is 0 Å². The van der Waals surface area contributed by atoms with E-state index in [0.29, 0.717) is 32.0 Å². The molecule has 0 aromatic heterocycles. The van der Waals surface area contributed by atoms with Crippen molar-refractivity contribution < 1.29 is 28.9 Å². The normalized spacial score (nSPS) is 22.6. The molecule has 0 saturated heterocycles. The number of nitrogens with two attached hydrogens (primary N) is 1. The van der Waals surface area contributed by atoms with Gasteiger partial charge in [-0.3, -0.25) is 9.59 Å². The first-order chi connectivity index (χ1) is 18.2. The van der Waals surface area contributed by atoms with Gasteiger partial charge in [-0.05, 0) is 93.4 Å². The number of amides is 1. The van der Waals surface area contributed by atoms with Crippen molar-refractivity contribution in [3.63, 3.8) is 0 Å². The molecular formula is C31H47NO6. The molecule has 3 aliphatic rings. The fourth-order valence-electron chi connectivity index (χ4n) is 6.06. The summed E-state index contributed by atoms with van der Waals surface area (Å²) in [6, 6.07) is 6.28. The second-order valence-electron chi connectivity index (χ2n) is 11.5. The SMILES string of the molecule is C=C(Oc1ccc2c(c1)CCC2)[C@H](COCCOC)CC1(C(N)=O)CCCC1.CC1CCC(C(=O)O)CC1. The van der Waals surface area contributed by atoms with Crippen LogP contribution in [0.1, 0.15) is 82.3 Å². The molecule has 7 nitrogen and oxygen atoms in total. The van der Waals surface area contributed by atoms with Crippen molar-refractivity contribution in [1.29, 1.82) is 0 Å². The van der Waals surface area contributed by atoms with Gasteiger partial charge >= 0.3 is 5.97 Å². The van der Waals surface area contributed by atoms with E-state index in [1.54, 1.807) is 7.11 Å². The number of carbonyl (C=O) groups is 2. The Morgan fingerprint density at radius 2 is 1.76 bits per heavy atom. The molecule has 212 valence electrons. The van der Waals surface area contributed by atoms with Crippen molar-refractivity contribution in [3.8, 4) is 5.75 Å². The van der Waals surface area contributed by atoms with Gasteiger partial charge in [-0.15, -0.1) is 0 Å². The monoisotopic (exact) mass is 529 g/mol. The van der Waals surface area contributed by atoms with E-state index in [-0.39, 0.29) is 17.7 Å². The summed E-state index contributed by atoms with van der Waals surface area (Å²) < 4.78 is 17.0. The van der Waals surface area contributed by atoms with E-state index in [1.807, 2.05) is 6.07 Å². The van der Waals surface area contributed by atoms with Crippen LogP contribution in [-0.4, -0.2) is 43.9 Å². The average Bonchev–Trinajstić information content (AvgIpc) is 3.56. The summed E-state index contributed by atoms with van der Waals surface area (Å²) in [4.78, 5) is 22.7. The largest absolute Gasteiger partial charge is 0.481 e. The summed E-state index contributed by atoms with van der Waals surface area (Å²) >= 11 is 0. The number of aryl methyl sites for hydroxylation is 2. The van der Waals surface area contributed by atoms with Crippen LogP contribution >= 0.6 is 0 Å². The lowest BCUT2D eigenvalue weighted by atomic mass is 9.76. The van der Waals surface area contributed by atoms with Gasteiger partial charge in [0, 0.05) is 18.4 Å². The first-order valence-electron chi connectivity index (χ1n) is 14.3. The van der Waals surface area contributed by atoms with Crippen LogP contribution < -0.4 is 10.5 Å². The molecule has 2 fully saturated rings. The number of benzene rings is 1. The predicted molar refractivity (Wildman–Crippen MR) is 148 cm³/mol. The standard InChI is InChI=1S/C23H33NO4.C8H14O2/c1-17(28-21-9-8-18-6-5-7-19(18)14-21)20(16-27-13-12-26-2)15-23(22(24)25)10-3-4-11-23;1-6-2-4-7(5-3-6)8(9)10/h8-9,14,20H,1,3-7,10-13,15-16H2,2H3,(H2,24,25);6-7H,2-5H2,1H3,(H,9,10)/t20-;/m0./s1. The molecule has 1 atom stereocenters. The van der Waals surface area contributed by atoms with E-state index in [0.717, 1.165) is 75.9 Å². The highest BCUT2D eigenvalue weighted by Crippen LogP contribution is 2.44. The molecule has 1 aromatic carbocycles. The Bertz CT molecular complexity index is 930. The molecule has 38 heavy (non-hydrogen) atoms. The van der Waals surface area contributed by atoms with Gasteiger partial charge < -0.3 is 25.1 Å². The highest BCUT2D eigenvalue weighted by molar-refractivity contribution is 5.81. The lowest BCUT2D eigenvalue weighted by molar-refractivity contribution is -0.143. The molecular weight excluding hydrogens is 482 g/mol. The quantitative estimate of drug-likeness (QED) is 0.266. The van der Waals surface area contributed by atoms with Gasteiger partial charge in [0.1, 0.15) is 11.5 Å². The van der Waals surface area contributed by atoms with Gasteiger partial charge in [0.2, 0.25) is 5.91 Å². The number of primary amides is 1. The highest BCUT2D eigenvalue weighted by atomic mass is 16.5. The third-order valence-corrected chi connectivity index (χ3v) is 8.61.